The number of amides is 12. The predicted octanol–water partition coefficient (Wildman–Crippen LogP) is 4.92. The highest BCUT2D eigenvalue weighted by Crippen LogP contribution is 2.33. The molecular formula is C83H110FN13O16. The summed E-state index contributed by atoms with van der Waals surface area (Å²) >= 11 is 0. The van der Waals surface area contributed by atoms with Gasteiger partial charge in [-0.05, 0) is 171 Å². The summed E-state index contributed by atoms with van der Waals surface area (Å²) in [5, 5.41) is 25.7. The van der Waals surface area contributed by atoms with E-state index in [2.05, 4.69) is 47.9 Å². The number of carbonyl (C=O) groups excluding carboxylic acids is 12. The molecule has 7 heterocycles. The standard InChI is InChI=1S/C83H110FN13O16/c1-50-72(101)92-64(46-87-80(109)113-82(6,7)8)74(103)89-61-42-55-18-15-19-56(40-55)45-86-68(99)49-111-66-20-16-38-96-71(66)76(105)93-70(51(2)112-81(3,4)5)75(104)91-62(41-53-25-28-59(110-10)29-26-53)78(107)97-39-17-34-83(97,9)79(108)85-35-33-52-21-23-54(24-22-52)47-95(69(100)32-31-67(98)88-50)37-14-12-11-13-36-94-48-57(43-63(77(96)106)90-73(61)102)60-44-58(84)27-30-65(60)94/h15,18-19,21-30,40,44,48,50-51,61-64,66,70-71H,11-14,16-17,20,31-39,41-43,45-47,49H2,1-10H3,(H,85,108)(H,86,99)(H,87,109)(H,88,98)(H,89,103)(H,90,102)(H,91,104)(H,92,101)(H,93,105)/t50-,51+,61-,62-,63-,64+,66-,70-,71-,83-/m0/s1. The number of fused-ring (bicyclic) bond motifs is 16. The molecule has 0 saturated carbocycles. The summed E-state index contributed by atoms with van der Waals surface area (Å²) in [5.41, 5.74) is 0.820. The third-order valence-electron chi connectivity index (χ3n) is 21.1. The van der Waals surface area contributed by atoms with E-state index < -0.39 is 155 Å². The number of alkyl carbamates (subject to hydrolysis) is 1. The van der Waals surface area contributed by atoms with Gasteiger partial charge < -0.3 is 86.1 Å². The molecule has 4 aromatic carbocycles. The molecular weight excluding hydrogens is 1450 g/mol. The molecule has 12 bridgehead atoms. The average molecular weight is 1560 g/mol. The second kappa shape index (κ2) is 37.9. The molecule has 610 valence electrons. The van der Waals surface area contributed by atoms with Gasteiger partial charge in [0.25, 0.3) is 0 Å². The number of aryl methyl sites for hydroxylation is 1. The van der Waals surface area contributed by atoms with Gasteiger partial charge in [0.15, 0.2) is 0 Å². The van der Waals surface area contributed by atoms with Crippen LogP contribution in [0.25, 0.3) is 10.9 Å². The first-order chi connectivity index (χ1) is 53.7. The van der Waals surface area contributed by atoms with Gasteiger partial charge in [-0.1, -0.05) is 73.5 Å². The van der Waals surface area contributed by atoms with Crippen LogP contribution in [0.15, 0.2) is 97.2 Å². The maximum atomic E-state index is 16.5. The van der Waals surface area contributed by atoms with E-state index in [1.807, 2.05) is 28.8 Å². The number of halogens is 1. The van der Waals surface area contributed by atoms with Crippen LogP contribution >= 0.6 is 0 Å². The van der Waals surface area contributed by atoms with Gasteiger partial charge in [0, 0.05) is 95.0 Å². The molecule has 2 saturated heterocycles. The Hall–Kier alpha value is -10.5. The Morgan fingerprint density at radius 1 is 0.655 bits per heavy atom. The summed E-state index contributed by atoms with van der Waals surface area (Å²) in [6, 6.07) is 14.3. The van der Waals surface area contributed by atoms with Crippen molar-refractivity contribution in [1.82, 2.24) is 67.1 Å². The van der Waals surface area contributed by atoms with Crippen molar-refractivity contribution in [3.63, 3.8) is 0 Å². The normalized spacial score (nSPS) is 25.0. The van der Waals surface area contributed by atoms with Crippen LogP contribution in [0, 0.1) is 5.82 Å². The third kappa shape index (κ3) is 23.1. The van der Waals surface area contributed by atoms with Crippen LogP contribution in [0.3, 0.4) is 0 Å². The molecule has 6 aliphatic heterocycles. The van der Waals surface area contributed by atoms with Crippen LogP contribution in [0.2, 0.25) is 0 Å². The smallest absolute Gasteiger partial charge is 0.407 e. The maximum Gasteiger partial charge on any atom is 0.407 e. The van der Waals surface area contributed by atoms with E-state index in [0.29, 0.717) is 90.5 Å². The van der Waals surface area contributed by atoms with Crippen molar-refractivity contribution in [2.24, 2.45) is 0 Å². The lowest BCUT2D eigenvalue weighted by Gasteiger charge is -2.42. The second-order valence-electron chi connectivity index (χ2n) is 32.3. The van der Waals surface area contributed by atoms with Crippen molar-refractivity contribution in [3.8, 4) is 5.75 Å². The number of hydrogen-bond acceptors (Lipinski definition) is 16. The Balaban J connectivity index is 1.13. The zero-order valence-corrected chi connectivity index (χ0v) is 66.4. The molecule has 10 atom stereocenters. The first-order valence-corrected chi connectivity index (χ1v) is 39.3. The van der Waals surface area contributed by atoms with E-state index in [-0.39, 0.29) is 90.0 Å². The molecule has 2 fully saturated rings. The summed E-state index contributed by atoms with van der Waals surface area (Å²) in [6.07, 6.45) is 0.800. The number of aromatic nitrogens is 1. The average Bonchev–Trinajstić information content (AvgIpc) is 1.77. The molecule has 6 aliphatic rings. The highest BCUT2D eigenvalue weighted by Gasteiger charge is 2.49. The Bertz CT molecular complexity index is 4290. The first kappa shape index (κ1) is 84.9. The lowest BCUT2D eigenvalue weighted by atomic mass is 9.94. The fraction of sp³-hybridized carbons (Fsp3) is 0.542. The molecule has 29 nitrogen and oxygen atoms in total. The molecule has 0 radical (unpaired) electrons. The van der Waals surface area contributed by atoms with Gasteiger partial charge in [-0.15, -0.1) is 0 Å². The Morgan fingerprint density at radius 3 is 2.09 bits per heavy atom. The van der Waals surface area contributed by atoms with Crippen molar-refractivity contribution in [3.05, 3.63) is 136 Å². The summed E-state index contributed by atoms with van der Waals surface area (Å²) < 4.78 is 41.8. The highest BCUT2D eigenvalue weighted by molar-refractivity contribution is 6.00. The van der Waals surface area contributed by atoms with Gasteiger partial charge in [-0.2, -0.15) is 0 Å². The quantitative estimate of drug-likeness (QED) is 0.104. The number of nitrogens with one attached hydrogen (secondary N) is 9. The van der Waals surface area contributed by atoms with Crippen molar-refractivity contribution in [1.29, 1.82) is 0 Å². The number of carbonyl (C=O) groups is 12. The number of methoxy groups -OCH3 is 1. The van der Waals surface area contributed by atoms with Crippen molar-refractivity contribution < 1.29 is 80.9 Å². The topological polar surface area (TPSA) is 365 Å². The van der Waals surface area contributed by atoms with Gasteiger partial charge in [-0.3, -0.25) is 52.7 Å². The van der Waals surface area contributed by atoms with Crippen molar-refractivity contribution in [2.45, 2.75) is 243 Å². The maximum absolute atomic E-state index is 16.5. The monoisotopic (exact) mass is 1560 g/mol. The van der Waals surface area contributed by atoms with Crippen LogP contribution in [0.5, 0.6) is 5.75 Å². The number of rotatable bonds is 7. The van der Waals surface area contributed by atoms with Crippen LogP contribution in [-0.2, 0) is 112 Å². The molecule has 0 spiro atoms. The van der Waals surface area contributed by atoms with Gasteiger partial charge in [0.05, 0.1) is 31.5 Å². The molecule has 30 heteroatoms. The van der Waals surface area contributed by atoms with E-state index in [9.17, 15) is 28.8 Å². The summed E-state index contributed by atoms with van der Waals surface area (Å²) in [5.74, 6) is -8.35. The SMILES string of the molecule is COc1ccc(C[C@@H]2NC(=O)[C@H]([C@@H](C)OC(C)(C)C)NC(=O)[C@@H]3[C@@H]4CCCN3C(=O)[C@@H]3Cc5cn(c6ccc(F)cc56)CCCCCCN(Cc5ccc(cc5)CCNC(=O)[C@]5(C)CCCN5C2=O)C(=O)CCC(=O)N[C@@H](C)C(=O)N[C@H](CNC(=O)OC(C)(C)C)C(=O)N[C@@H](Cc2cccc(c2)CNC(=O)CO4)C(=O)N3)cc1. The van der Waals surface area contributed by atoms with Crippen LogP contribution in [-0.4, -0.2) is 208 Å². The van der Waals surface area contributed by atoms with Crippen LogP contribution in [0.1, 0.15) is 160 Å². The molecule has 1 aromatic heterocycles. The molecule has 0 unspecified atom stereocenters. The van der Waals surface area contributed by atoms with Crippen LogP contribution < -0.4 is 52.6 Å². The zero-order valence-electron chi connectivity index (χ0n) is 66.4. The third-order valence-corrected chi connectivity index (χ3v) is 21.1. The van der Waals surface area contributed by atoms with Crippen molar-refractivity contribution >= 4 is 82.0 Å². The van der Waals surface area contributed by atoms with E-state index >= 15 is 33.2 Å². The minimum atomic E-state index is -1.70. The highest BCUT2D eigenvalue weighted by atomic mass is 19.1. The Labute approximate surface area is 658 Å². The van der Waals surface area contributed by atoms with Gasteiger partial charge in [0.1, 0.15) is 71.6 Å². The lowest BCUT2D eigenvalue weighted by molar-refractivity contribution is -0.157. The zero-order chi connectivity index (χ0) is 81.5. The van der Waals surface area contributed by atoms with E-state index in [0.717, 1.165) is 11.1 Å². The summed E-state index contributed by atoms with van der Waals surface area (Å²) in [6.45, 7) is 14.4. The second-order valence-corrected chi connectivity index (χ2v) is 32.3. The van der Waals surface area contributed by atoms with E-state index in [1.165, 1.54) is 36.0 Å². The van der Waals surface area contributed by atoms with Crippen molar-refractivity contribution in [2.75, 3.05) is 46.4 Å². The lowest BCUT2D eigenvalue weighted by Crippen LogP contribution is -2.67. The first-order valence-electron chi connectivity index (χ1n) is 39.3. The fourth-order valence-corrected chi connectivity index (χ4v) is 15.3. The number of nitrogens with zero attached hydrogens (tertiary/aromatic N) is 4. The van der Waals surface area contributed by atoms with Gasteiger partial charge in [0.2, 0.25) is 65.0 Å². The van der Waals surface area contributed by atoms with E-state index in [1.54, 1.807) is 121 Å². The van der Waals surface area contributed by atoms with Gasteiger partial charge >= 0.3 is 6.09 Å². The molecule has 11 rings (SSSR count). The number of hydrogen-bond donors (Lipinski definition) is 9. The molecule has 5 aromatic rings. The van der Waals surface area contributed by atoms with Gasteiger partial charge in [-0.25, -0.2) is 9.18 Å². The molecule has 9 N–H and O–H groups in total. The predicted molar refractivity (Wildman–Crippen MR) is 416 cm³/mol. The summed E-state index contributed by atoms with van der Waals surface area (Å²) in [4.78, 5) is 184. The largest absolute Gasteiger partial charge is 0.497 e. The minimum absolute atomic E-state index is 0.0773. The molecule has 0 aliphatic carbocycles. The summed E-state index contributed by atoms with van der Waals surface area (Å²) in [7, 11) is 1.51. The fourth-order valence-electron chi connectivity index (χ4n) is 15.3. The van der Waals surface area contributed by atoms with E-state index in [4.69, 9.17) is 18.9 Å². The number of ether oxygens (including phenoxy) is 4. The Morgan fingerprint density at radius 2 is 1.36 bits per heavy atom. The molecule has 113 heavy (non-hydrogen) atoms. The minimum Gasteiger partial charge on any atom is -0.497 e. The number of benzene rings is 4. The molecule has 12 amide bonds. The number of piperidine rings is 1. The Kier molecular flexibility index (Phi) is 28.5. The van der Waals surface area contributed by atoms with Crippen LogP contribution in [0.4, 0.5) is 9.18 Å².